The molecule has 0 radical (unpaired) electrons. The van der Waals surface area contributed by atoms with Crippen LogP contribution in [-0.2, 0) is 32.7 Å². The van der Waals surface area contributed by atoms with Crippen molar-refractivity contribution in [2.45, 2.75) is 367 Å². The van der Waals surface area contributed by atoms with Crippen molar-refractivity contribution in [3.8, 4) is 0 Å². The van der Waals surface area contributed by atoms with E-state index in [4.69, 9.17) is 18.5 Å². The van der Waals surface area contributed by atoms with Gasteiger partial charge in [0.15, 0.2) is 6.10 Å². The van der Waals surface area contributed by atoms with Gasteiger partial charge in [-0.15, -0.1) is 0 Å². The van der Waals surface area contributed by atoms with Crippen molar-refractivity contribution in [2.75, 3.05) is 47.5 Å². The number of rotatable bonds is 76. The number of hydrogen-bond acceptors (Lipinski definition) is 7. The molecule has 10 heteroatoms. The Hall–Kier alpha value is -4.11. The summed E-state index contributed by atoms with van der Waals surface area (Å²) in [5, 5.41) is 0. The molecule has 0 aliphatic heterocycles. The zero-order valence-corrected chi connectivity index (χ0v) is 66.5. The van der Waals surface area contributed by atoms with Gasteiger partial charge >= 0.3 is 19.8 Å². The van der Waals surface area contributed by atoms with Gasteiger partial charge in [-0.05, 0) is 116 Å². The Bertz CT molecular complexity index is 2210. The molecule has 0 aliphatic carbocycles. The van der Waals surface area contributed by atoms with Gasteiger partial charge in [0, 0.05) is 12.8 Å². The minimum Gasteiger partial charge on any atom is -0.462 e. The van der Waals surface area contributed by atoms with Crippen LogP contribution in [0.1, 0.15) is 361 Å². The van der Waals surface area contributed by atoms with E-state index in [0.717, 1.165) is 116 Å². The number of quaternary nitrogens is 1. The Morgan fingerprint density at radius 3 is 0.800 bits per heavy atom. The molecule has 9 nitrogen and oxygen atoms in total. The number of likely N-dealkylation sites (N-methyl/N-ethyl adjacent to an activating group) is 1. The van der Waals surface area contributed by atoms with Gasteiger partial charge in [0.2, 0.25) is 0 Å². The number of phosphoric ester groups is 1. The molecule has 0 saturated carbocycles. The largest absolute Gasteiger partial charge is 0.472 e. The van der Waals surface area contributed by atoms with E-state index in [1.54, 1.807) is 0 Å². The van der Waals surface area contributed by atoms with Crippen LogP contribution in [0.15, 0.2) is 146 Å². The first-order chi connectivity index (χ1) is 49.0. The monoisotopic (exact) mass is 1410 g/mol. The van der Waals surface area contributed by atoms with E-state index >= 15 is 0 Å². The van der Waals surface area contributed by atoms with E-state index in [9.17, 15) is 19.0 Å². The zero-order chi connectivity index (χ0) is 72.5. The molecule has 0 heterocycles. The standard InChI is InChI=1S/C90H156NO8P/c1-6-8-10-12-14-16-18-20-22-24-26-28-30-32-34-36-38-40-42-43-44-45-46-47-49-51-53-55-57-59-61-63-65-67-69-71-73-75-77-79-81-83-90(93)99-88(87-98-100(94,95)97-85-84-91(3,4)5)86-96-89(92)82-80-78-76-74-72-70-68-66-64-62-60-58-56-54-52-50-48-41-39-37-35-33-31-29-27-25-23-21-19-17-15-13-11-9-7-2/h8-11,14-17,20-23,26-29,32,34,38,40,43-44,46-47,88H,6-7,12-13,18-19,24-25,30-31,33,35-37,39,41-42,45,48-87H2,1-5H3/p+1/b10-8-,11-9-,16-14-,17-15-,22-20-,23-21-,28-26-,29-27-,34-32-,40-38-,44-43-,47-46-. The molecule has 100 heavy (non-hydrogen) atoms. The van der Waals surface area contributed by atoms with E-state index in [2.05, 4.69) is 160 Å². The third kappa shape index (κ3) is 82.8. The number of phosphoric acid groups is 1. The van der Waals surface area contributed by atoms with Crippen LogP contribution in [0, 0.1) is 0 Å². The van der Waals surface area contributed by atoms with Crippen LogP contribution < -0.4 is 0 Å². The van der Waals surface area contributed by atoms with Crippen LogP contribution in [0.5, 0.6) is 0 Å². The summed E-state index contributed by atoms with van der Waals surface area (Å²) in [6.45, 7) is 4.24. The number of hydrogen-bond donors (Lipinski definition) is 1. The molecule has 0 fully saturated rings. The second kappa shape index (κ2) is 79.0. The maximum absolute atomic E-state index is 12.9. The molecule has 0 rings (SSSR count). The third-order valence-electron chi connectivity index (χ3n) is 17.9. The Balaban J connectivity index is 3.95. The van der Waals surface area contributed by atoms with Crippen LogP contribution >= 0.6 is 7.82 Å². The first-order valence-corrected chi connectivity index (χ1v) is 43.1. The third-order valence-corrected chi connectivity index (χ3v) is 18.8. The van der Waals surface area contributed by atoms with E-state index in [1.165, 1.54) is 212 Å². The van der Waals surface area contributed by atoms with Crippen molar-refractivity contribution in [1.29, 1.82) is 0 Å². The fourth-order valence-electron chi connectivity index (χ4n) is 11.6. The van der Waals surface area contributed by atoms with E-state index in [1.807, 2.05) is 21.1 Å². The van der Waals surface area contributed by atoms with Gasteiger partial charge < -0.3 is 18.9 Å². The Morgan fingerprint density at radius 1 is 0.310 bits per heavy atom. The summed E-state index contributed by atoms with van der Waals surface area (Å²) in [6, 6.07) is 0. The Labute approximate surface area is 618 Å². The first kappa shape index (κ1) is 95.9. The lowest BCUT2D eigenvalue weighted by atomic mass is 10.0. The summed E-state index contributed by atoms with van der Waals surface area (Å²) >= 11 is 0. The Kier molecular flexibility index (Phi) is 75.8. The molecule has 0 spiro atoms. The van der Waals surface area contributed by atoms with Gasteiger partial charge in [-0.2, -0.15) is 0 Å². The van der Waals surface area contributed by atoms with Crippen molar-refractivity contribution < 1.29 is 42.1 Å². The summed E-state index contributed by atoms with van der Waals surface area (Å²) in [7, 11) is 1.48. The highest BCUT2D eigenvalue weighted by molar-refractivity contribution is 7.47. The highest BCUT2D eigenvalue weighted by atomic mass is 31.2. The molecule has 0 aromatic heterocycles. The predicted molar refractivity (Wildman–Crippen MR) is 436 cm³/mol. The molecular weight excluding hydrogens is 1250 g/mol. The van der Waals surface area contributed by atoms with Crippen molar-refractivity contribution in [3.63, 3.8) is 0 Å². The summed E-state index contributed by atoms with van der Waals surface area (Å²) < 4.78 is 34.9. The van der Waals surface area contributed by atoms with Crippen molar-refractivity contribution in [1.82, 2.24) is 0 Å². The minimum atomic E-state index is -4.40. The summed E-state index contributed by atoms with van der Waals surface area (Å²) in [5.41, 5.74) is 0. The molecule has 2 unspecified atom stereocenters. The lowest BCUT2D eigenvalue weighted by molar-refractivity contribution is -0.870. The second-order valence-electron chi connectivity index (χ2n) is 28.7. The van der Waals surface area contributed by atoms with Crippen LogP contribution in [-0.4, -0.2) is 74.9 Å². The summed E-state index contributed by atoms with van der Waals surface area (Å²) in [4.78, 5) is 36.0. The fourth-order valence-corrected chi connectivity index (χ4v) is 12.4. The highest BCUT2D eigenvalue weighted by Gasteiger charge is 2.27. The average Bonchev–Trinajstić information content (AvgIpc) is 1.30. The number of esters is 2. The molecule has 0 aromatic carbocycles. The van der Waals surface area contributed by atoms with Gasteiger partial charge in [-0.25, -0.2) is 4.57 Å². The van der Waals surface area contributed by atoms with Crippen molar-refractivity contribution in [3.05, 3.63) is 146 Å². The quantitative estimate of drug-likeness (QED) is 0.0211. The summed E-state index contributed by atoms with van der Waals surface area (Å²) in [5.74, 6) is -0.786. The molecule has 2 atom stereocenters. The molecular formula is C90H157NO8P+. The summed E-state index contributed by atoms with van der Waals surface area (Å²) in [6.07, 6.45) is 117. The molecule has 0 aliphatic rings. The normalized spacial score (nSPS) is 13.8. The number of unbranched alkanes of at least 4 members (excludes halogenated alkanes) is 38. The van der Waals surface area contributed by atoms with Crippen LogP contribution in [0.25, 0.3) is 0 Å². The topological polar surface area (TPSA) is 108 Å². The van der Waals surface area contributed by atoms with Crippen LogP contribution in [0.4, 0.5) is 0 Å². The lowest BCUT2D eigenvalue weighted by Crippen LogP contribution is -2.37. The van der Waals surface area contributed by atoms with Gasteiger partial charge in [0.05, 0.1) is 27.7 Å². The lowest BCUT2D eigenvalue weighted by Gasteiger charge is -2.24. The molecule has 0 saturated heterocycles. The van der Waals surface area contributed by atoms with Gasteiger partial charge in [-0.1, -0.05) is 378 Å². The SMILES string of the molecule is CC/C=C\C/C=C\C/C=C\C/C=C\C/C=C\C/C=C\C/C=C\C/C=C\CCCCCCCCCCCCCCCCCCC(=O)OC(COC(=O)CCCCCCCCCCCCCCCCCCCCCCCC/C=C\C/C=C\C/C=C\C/C=C\CC)COP(=O)(O)OCC[N+](C)(C)C. The van der Waals surface area contributed by atoms with Gasteiger partial charge in [0.1, 0.15) is 19.8 Å². The number of nitrogens with zero attached hydrogens (tertiary/aromatic N) is 1. The number of carbonyl (C=O) groups is 2. The molecule has 0 aromatic rings. The van der Waals surface area contributed by atoms with E-state index < -0.39 is 26.5 Å². The van der Waals surface area contributed by atoms with E-state index in [0.29, 0.717) is 17.4 Å². The maximum Gasteiger partial charge on any atom is 0.472 e. The molecule has 0 amide bonds. The van der Waals surface area contributed by atoms with E-state index in [-0.39, 0.29) is 32.0 Å². The molecule has 574 valence electrons. The highest BCUT2D eigenvalue weighted by Crippen LogP contribution is 2.43. The molecule has 0 bridgehead atoms. The maximum atomic E-state index is 12.9. The average molecular weight is 1410 g/mol. The first-order valence-electron chi connectivity index (χ1n) is 41.6. The van der Waals surface area contributed by atoms with Crippen molar-refractivity contribution in [2.24, 2.45) is 0 Å². The van der Waals surface area contributed by atoms with Gasteiger partial charge in [-0.3, -0.25) is 18.6 Å². The predicted octanol–water partition coefficient (Wildman–Crippen LogP) is 28.1. The van der Waals surface area contributed by atoms with Crippen LogP contribution in [0.3, 0.4) is 0 Å². The smallest absolute Gasteiger partial charge is 0.462 e. The van der Waals surface area contributed by atoms with Gasteiger partial charge in [0.25, 0.3) is 0 Å². The van der Waals surface area contributed by atoms with Crippen molar-refractivity contribution >= 4 is 19.8 Å². The fraction of sp³-hybridized carbons (Fsp3) is 0.711. The number of allylic oxidation sites excluding steroid dienone is 24. The molecule has 1 N–H and O–H groups in total. The minimum absolute atomic E-state index is 0.0291. The second-order valence-corrected chi connectivity index (χ2v) is 30.2. The number of ether oxygens (including phenoxy) is 2. The Morgan fingerprint density at radius 2 is 0.540 bits per heavy atom. The number of carbonyl (C=O) groups excluding carboxylic acids is 2. The van der Waals surface area contributed by atoms with Crippen LogP contribution in [0.2, 0.25) is 0 Å². The zero-order valence-electron chi connectivity index (χ0n) is 65.6.